The summed E-state index contributed by atoms with van der Waals surface area (Å²) in [6, 6.07) is 19.8. The van der Waals surface area contributed by atoms with E-state index < -0.39 is 6.10 Å². The molecule has 0 spiro atoms. The van der Waals surface area contributed by atoms with Gasteiger partial charge in [-0.2, -0.15) is 0 Å². The lowest BCUT2D eigenvalue weighted by molar-refractivity contribution is -0.114. The second-order valence-electron chi connectivity index (χ2n) is 11.4. The summed E-state index contributed by atoms with van der Waals surface area (Å²) in [6.07, 6.45) is 2.55. The topological polar surface area (TPSA) is 60.3 Å². The summed E-state index contributed by atoms with van der Waals surface area (Å²) in [7, 11) is 0. The van der Waals surface area contributed by atoms with Crippen LogP contribution in [-0.2, 0) is 11.3 Å². The van der Waals surface area contributed by atoms with Gasteiger partial charge >= 0.3 is 0 Å². The van der Waals surface area contributed by atoms with Crippen LogP contribution in [0.2, 0.25) is 5.02 Å². The second-order valence-corrected chi connectivity index (χ2v) is 11.8. The van der Waals surface area contributed by atoms with E-state index >= 15 is 0 Å². The number of hydrogen-bond acceptors (Lipinski definition) is 3. The van der Waals surface area contributed by atoms with Gasteiger partial charge in [-0.05, 0) is 98.2 Å². The summed E-state index contributed by atoms with van der Waals surface area (Å²) in [5.74, 6) is 1.31. The van der Waals surface area contributed by atoms with Crippen LogP contribution in [-0.4, -0.2) is 22.9 Å². The molecule has 1 saturated carbocycles. The number of aryl methyl sites for hydroxylation is 1. The Morgan fingerprint density at radius 1 is 1.05 bits per heavy atom. The fourth-order valence-corrected chi connectivity index (χ4v) is 5.46. The quantitative estimate of drug-likeness (QED) is 0.202. The molecule has 5 nitrogen and oxygen atoms in total. The minimum Gasteiger partial charge on any atom is -0.483 e. The Labute approximate surface area is 241 Å². The number of aromatic nitrogens is 1. The molecule has 6 heteroatoms. The van der Waals surface area contributed by atoms with E-state index in [1.54, 1.807) is 0 Å². The first-order valence-corrected chi connectivity index (χ1v) is 14.4. The third-order valence-corrected chi connectivity index (χ3v) is 8.53. The number of benzene rings is 3. The van der Waals surface area contributed by atoms with Crippen LogP contribution in [0, 0.1) is 19.8 Å². The summed E-state index contributed by atoms with van der Waals surface area (Å²) < 4.78 is 8.20. The smallest absolute Gasteiger partial charge is 0.251 e. The monoisotopic (exact) mass is 556 g/mol. The first-order chi connectivity index (χ1) is 19.2. The summed E-state index contributed by atoms with van der Waals surface area (Å²) in [6.45, 7) is 11.1. The van der Waals surface area contributed by atoms with Gasteiger partial charge in [0.15, 0.2) is 12.4 Å². The van der Waals surface area contributed by atoms with Crippen molar-refractivity contribution in [1.29, 1.82) is 0 Å². The van der Waals surface area contributed by atoms with Crippen LogP contribution in [0.25, 0.3) is 10.9 Å². The van der Waals surface area contributed by atoms with E-state index in [4.69, 9.17) is 16.3 Å². The van der Waals surface area contributed by atoms with Crippen LogP contribution in [0.3, 0.4) is 0 Å². The molecule has 2 atom stereocenters. The zero-order chi connectivity index (χ0) is 28.6. The van der Waals surface area contributed by atoms with Crippen LogP contribution in [0.4, 0.5) is 0 Å². The predicted molar refractivity (Wildman–Crippen MR) is 162 cm³/mol. The molecule has 1 heterocycles. The van der Waals surface area contributed by atoms with Crippen LogP contribution >= 0.6 is 11.6 Å². The van der Waals surface area contributed by atoms with E-state index in [1.165, 1.54) is 5.56 Å². The Hall–Kier alpha value is -3.57. The lowest BCUT2D eigenvalue weighted by atomic mass is 9.98. The number of nitrogens with one attached hydrogen (secondary N) is 1. The van der Waals surface area contributed by atoms with Crippen molar-refractivity contribution in [3.8, 4) is 5.75 Å². The normalized spacial score (nSPS) is 14.8. The van der Waals surface area contributed by atoms with Crippen LogP contribution in [0.1, 0.15) is 83.9 Å². The number of amides is 1. The third-order valence-electron chi connectivity index (χ3n) is 8.16. The molecule has 1 fully saturated rings. The predicted octanol–water partition coefficient (Wildman–Crippen LogP) is 7.93. The van der Waals surface area contributed by atoms with E-state index in [2.05, 4.69) is 61.8 Å². The summed E-state index contributed by atoms with van der Waals surface area (Å²) in [5.41, 5.74) is 7.18. The largest absolute Gasteiger partial charge is 0.483 e. The highest BCUT2D eigenvalue weighted by Gasteiger charge is 2.32. The molecule has 0 aliphatic heterocycles. The Morgan fingerprint density at radius 2 is 1.80 bits per heavy atom. The van der Waals surface area contributed by atoms with Crippen LogP contribution in [0.15, 0.2) is 60.7 Å². The standard InChI is InChI=1S/C34H37ClN2O3/c1-20(2)25-7-6-8-26(15-25)22(4)36-34(39)27-11-14-32-30(17-27)21(3)23(5)37(32)18-28-16-29(12-13-31(28)35)40-33(19-38)24-9-10-24/h6-8,11-17,19-20,22,24,33H,9-10,18H2,1-5H3,(H,36,39)/t22-,33?/m0/s1. The maximum absolute atomic E-state index is 13.3. The minimum absolute atomic E-state index is 0.0950. The van der Waals surface area contributed by atoms with Gasteiger partial charge in [0, 0.05) is 39.6 Å². The Kier molecular flexibility index (Phi) is 8.04. The van der Waals surface area contributed by atoms with Crippen LogP contribution < -0.4 is 10.1 Å². The molecule has 1 unspecified atom stereocenters. The van der Waals surface area contributed by atoms with Crippen molar-refractivity contribution in [2.24, 2.45) is 5.92 Å². The number of hydrogen-bond donors (Lipinski definition) is 1. The van der Waals surface area contributed by atoms with E-state index in [0.717, 1.165) is 52.4 Å². The van der Waals surface area contributed by atoms with Crippen molar-refractivity contribution in [2.75, 3.05) is 0 Å². The van der Waals surface area contributed by atoms with Crippen molar-refractivity contribution in [3.05, 3.63) is 99.2 Å². The fourth-order valence-electron chi connectivity index (χ4n) is 5.28. The lowest BCUT2D eigenvalue weighted by Gasteiger charge is -2.17. The number of carbonyl (C=O) groups excluding carboxylic acids is 2. The van der Waals surface area contributed by atoms with Gasteiger partial charge in [0.2, 0.25) is 0 Å². The van der Waals surface area contributed by atoms with E-state index in [-0.39, 0.29) is 11.9 Å². The summed E-state index contributed by atoms with van der Waals surface area (Å²) in [5, 5.41) is 4.85. The fraction of sp³-hybridized carbons (Fsp3) is 0.353. The molecule has 1 aromatic heterocycles. The maximum Gasteiger partial charge on any atom is 0.251 e. The molecular weight excluding hydrogens is 520 g/mol. The molecule has 4 aromatic rings. The van der Waals surface area contributed by atoms with Gasteiger partial charge < -0.3 is 14.6 Å². The number of halogens is 1. The highest BCUT2D eigenvalue weighted by Crippen LogP contribution is 2.35. The first kappa shape index (κ1) is 28.0. The lowest BCUT2D eigenvalue weighted by Crippen LogP contribution is -2.26. The average Bonchev–Trinajstić information content (AvgIpc) is 3.77. The molecule has 40 heavy (non-hydrogen) atoms. The molecule has 1 amide bonds. The Morgan fingerprint density at radius 3 is 2.50 bits per heavy atom. The number of carbonyl (C=O) groups is 2. The molecule has 1 aliphatic rings. The van der Waals surface area contributed by atoms with Crippen molar-refractivity contribution in [3.63, 3.8) is 0 Å². The van der Waals surface area contributed by atoms with E-state index in [1.807, 2.05) is 43.3 Å². The van der Waals surface area contributed by atoms with E-state index in [9.17, 15) is 9.59 Å². The molecule has 0 saturated heterocycles. The number of ether oxygens (including phenoxy) is 1. The second kappa shape index (κ2) is 11.5. The molecule has 3 aromatic carbocycles. The minimum atomic E-state index is -0.406. The van der Waals surface area contributed by atoms with Crippen molar-refractivity contribution in [2.45, 2.75) is 72.1 Å². The van der Waals surface area contributed by atoms with Gasteiger partial charge in [0.05, 0.1) is 6.04 Å². The van der Waals surface area contributed by atoms with Gasteiger partial charge in [0.1, 0.15) is 5.75 Å². The number of aldehydes is 1. The molecular formula is C34H37ClN2O3. The highest BCUT2D eigenvalue weighted by molar-refractivity contribution is 6.31. The Balaban J connectivity index is 1.38. The van der Waals surface area contributed by atoms with Crippen molar-refractivity contribution >= 4 is 34.7 Å². The molecule has 1 N–H and O–H groups in total. The average molecular weight is 557 g/mol. The van der Waals surface area contributed by atoms with Crippen molar-refractivity contribution < 1.29 is 14.3 Å². The molecule has 0 radical (unpaired) electrons. The molecule has 0 bridgehead atoms. The number of rotatable bonds is 10. The zero-order valence-electron chi connectivity index (χ0n) is 23.8. The number of nitrogens with zero attached hydrogens (tertiary/aromatic N) is 1. The molecule has 208 valence electrons. The highest BCUT2D eigenvalue weighted by atomic mass is 35.5. The maximum atomic E-state index is 13.3. The van der Waals surface area contributed by atoms with E-state index in [0.29, 0.717) is 34.7 Å². The SMILES string of the molecule is Cc1c(C)n(Cc2cc(OC(C=O)C3CC3)ccc2Cl)c2ccc(C(=O)N[C@@H](C)c3cccc(C(C)C)c3)cc12. The van der Waals surface area contributed by atoms with Gasteiger partial charge in [-0.15, -0.1) is 0 Å². The van der Waals surface area contributed by atoms with Gasteiger partial charge in [-0.3, -0.25) is 9.59 Å². The molecule has 5 rings (SSSR count). The van der Waals surface area contributed by atoms with Gasteiger partial charge in [-0.25, -0.2) is 0 Å². The van der Waals surface area contributed by atoms with Crippen molar-refractivity contribution in [1.82, 2.24) is 9.88 Å². The summed E-state index contributed by atoms with van der Waals surface area (Å²) in [4.78, 5) is 24.7. The third kappa shape index (κ3) is 5.80. The first-order valence-electron chi connectivity index (χ1n) is 14.1. The molecule has 1 aliphatic carbocycles. The van der Waals surface area contributed by atoms with Gasteiger partial charge in [-0.1, -0.05) is 49.7 Å². The number of fused-ring (bicyclic) bond motifs is 1. The Bertz CT molecular complexity index is 1570. The van der Waals surface area contributed by atoms with Gasteiger partial charge in [0.25, 0.3) is 5.91 Å². The summed E-state index contributed by atoms with van der Waals surface area (Å²) >= 11 is 6.60. The zero-order valence-corrected chi connectivity index (χ0v) is 24.6. The van der Waals surface area contributed by atoms with Crippen LogP contribution in [0.5, 0.6) is 5.75 Å².